The molecule has 1 spiro atoms. The maximum absolute atomic E-state index is 13.0. The molecule has 5 heteroatoms. The second-order valence-electron chi connectivity index (χ2n) is 7.32. The quantitative estimate of drug-likeness (QED) is 0.853. The van der Waals surface area contributed by atoms with E-state index in [2.05, 4.69) is 9.26 Å². The molecule has 2 saturated heterocycles. The van der Waals surface area contributed by atoms with Gasteiger partial charge in [-0.3, -0.25) is 4.90 Å². The number of hydrogen-bond donors (Lipinski definition) is 0. The predicted octanol–water partition coefficient (Wildman–Crippen LogP) is 3.06. The van der Waals surface area contributed by atoms with Crippen LogP contribution in [0.1, 0.15) is 25.7 Å². The molecular formula is C18H26N2O2S. The summed E-state index contributed by atoms with van der Waals surface area (Å²) in [5.74, 6) is 2.25. The third kappa shape index (κ3) is 3.78. The first-order valence-electron chi connectivity index (χ1n) is 8.79. The van der Waals surface area contributed by atoms with E-state index >= 15 is 0 Å². The van der Waals surface area contributed by atoms with E-state index in [1.165, 1.54) is 19.4 Å². The van der Waals surface area contributed by atoms with Crippen molar-refractivity contribution in [2.24, 2.45) is 10.3 Å². The van der Waals surface area contributed by atoms with Crippen LogP contribution in [0.3, 0.4) is 0 Å². The molecule has 3 aliphatic rings. The summed E-state index contributed by atoms with van der Waals surface area (Å²) in [6, 6.07) is 9.74. The molecule has 0 unspecified atom stereocenters. The van der Waals surface area contributed by atoms with E-state index in [-0.39, 0.29) is 5.60 Å². The number of ether oxygens (including phenoxy) is 1. The number of benzene rings is 1. The van der Waals surface area contributed by atoms with Crippen molar-refractivity contribution in [2.75, 3.05) is 37.7 Å². The van der Waals surface area contributed by atoms with Crippen molar-refractivity contribution in [3.05, 3.63) is 30.3 Å². The van der Waals surface area contributed by atoms with Crippen molar-refractivity contribution < 1.29 is 8.95 Å². The molecule has 3 fully saturated rings. The van der Waals surface area contributed by atoms with E-state index in [9.17, 15) is 4.21 Å². The van der Waals surface area contributed by atoms with E-state index in [1.54, 1.807) is 0 Å². The van der Waals surface area contributed by atoms with Gasteiger partial charge < -0.3 is 4.74 Å². The van der Waals surface area contributed by atoms with Crippen LogP contribution in [0.15, 0.2) is 34.7 Å². The maximum atomic E-state index is 13.0. The highest BCUT2D eigenvalue weighted by molar-refractivity contribution is 7.93. The summed E-state index contributed by atoms with van der Waals surface area (Å²) < 4.78 is 23.8. The molecule has 4 rings (SSSR count). The Kier molecular flexibility index (Phi) is 4.20. The summed E-state index contributed by atoms with van der Waals surface area (Å²) in [6.07, 6.45) is 4.55. The van der Waals surface area contributed by atoms with Crippen LogP contribution in [0.4, 0.5) is 5.69 Å². The van der Waals surface area contributed by atoms with Gasteiger partial charge in [-0.25, -0.2) is 4.21 Å². The molecule has 0 N–H and O–H groups in total. The highest BCUT2D eigenvalue weighted by Gasteiger charge is 2.42. The highest BCUT2D eigenvalue weighted by atomic mass is 32.2. The first-order chi connectivity index (χ1) is 11.1. The third-order valence-corrected chi connectivity index (χ3v) is 7.55. The van der Waals surface area contributed by atoms with E-state index in [1.807, 2.05) is 30.3 Å². The van der Waals surface area contributed by atoms with Crippen molar-refractivity contribution in [3.8, 4) is 0 Å². The average Bonchev–Trinajstić information content (AvgIpc) is 3.36. The molecule has 4 nitrogen and oxygen atoms in total. The summed E-state index contributed by atoms with van der Waals surface area (Å²) in [6.45, 7) is 4.13. The molecule has 2 heterocycles. The minimum atomic E-state index is -2.12. The second kappa shape index (κ2) is 6.19. The second-order valence-corrected chi connectivity index (χ2v) is 9.86. The zero-order chi connectivity index (χ0) is 15.8. The normalized spacial score (nSPS) is 35.3. The Hall–Kier alpha value is -0.910. The number of rotatable bonds is 3. The van der Waals surface area contributed by atoms with Gasteiger partial charge in [-0.15, -0.1) is 0 Å². The smallest absolute Gasteiger partial charge is 0.0827 e. The van der Waals surface area contributed by atoms with Crippen molar-refractivity contribution in [3.63, 3.8) is 0 Å². The van der Waals surface area contributed by atoms with Crippen LogP contribution in [-0.4, -0.2) is 52.5 Å². The van der Waals surface area contributed by atoms with E-state index in [0.29, 0.717) is 11.5 Å². The van der Waals surface area contributed by atoms with Gasteiger partial charge in [-0.2, -0.15) is 4.36 Å². The first kappa shape index (κ1) is 15.6. The minimum absolute atomic E-state index is 0.0692. The van der Waals surface area contributed by atoms with Crippen molar-refractivity contribution in [2.45, 2.75) is 31.3 Å². The van der Waals surface area contributed by atoms with Gasteiger partial charge in [0.1, 0.15) is 0 Å². The largest absolute Gasteiger partial charge is 0.372 e. The summed E-state index contributed by atoms with van der Waals surface area (Å²) in [7, 11) is -2.12. The molecule has 1 aliphatic carbocycles. The van der Waals surface area contributed by atoms with Crippen LogP contribution in [0.2, 0.25) is 0 Å². The Morgan fingerprint density at radius 2 is 1.96 bits per heavy atom. The lowest BCUT2D eigenvalue weighted by Crippen LogP contribution is -2.55. The molecule has 1 saturated carbocycles. The number of nitrogens with zero attached hydrogens (tertiary/aromatic N) is 2. The van der Waals surface area contributed by atoms with Gasteiger partial charge in [-0.05, 0) is 43.7 Å². The zero-order valence-electron chi connectivity index (χ0n) is 13.7. The molecule has 2 aliphatic heterocycles. The first-order valence-corrected chi connectivity index (χ1v) is 10.6. The summed E-state index contributed by atoms with van der Waals surface area (Å²) in [5.41, 5.74) is 0.772. The fourth-order valence-electron chi connectivity index (χ4n) is 3.74. The molecule has 1 aromatic carbocycles. The zero-order valence-corrected chi connectivity index (χ0v) is 14.5. The lowest BCUT2D eigenvalue weighted by Gasteiger charge is -2.45. The average molecular weight is 334 g/mol. The van der Waals surface area contributed by atoms with Crippen molar-refractivity contribution in [1.29, 1.82) is 0 Å². The Labute approximate surface area is 139 Å². The maximum Gasteiger partial charge on any atom is 0.0827 e. The molecule has 1 aromatic rings. The number of morpholine rings is 1. The third-order valence-electron chi connectivity index (χ3n) is 5.32. The molecular weight excluding hydrogens is 308 g/mol. The van der Waals surface area contributed by atoms with Gasteiger partial charge in [0, 0.05) is 31.1 Å². The lowest BCUT2D eigenvalue weighted by atomic mass is 9.94. The van der Waals surface area contributed by atoms with Crippen LogP contribution in [0.25, 0.3) is 0 Å². The fourth-order valence-corrected chi connectivity index (χ4v) is 6.01. The Morgan fingerprint density at radius 3 is 2.65 bits per heavy atom. The van der Waals surface area contributed by atoms with E-state index in [4.69, 9.17) is 4.74 Å². The molecule has 23 heavy (non-hydrogen) atoms. The SMILES string of the molecule is O=S1(=Nc2ccccc2)CCC2(CC1)CN(CC1CC1)CCO2. The monoisotopic (exact) mass is 334 g/mol. The van der Waals surface area contributed by atoms with Gasteiger partial charge in [0.15, 0.2) is 0 Å². The molecule has 0 radical (unpaired) electrons. The summed E-state index contributed by atoms with van der Waals surface area (Å²) in [5, 5.41) is 0. The molecule has 0 aromatic heterocycles. The minimum Gasteiger partial charge on any atom is -0.372 e. The molecule has 126 valence electrons. The molecule has 0 amide bonds. The van der Waals surface area contributed by atoms with Crippen LogP contribution >= 0.6 is 0 Å². The van der Waals surface area contributed by atoms with Crippen LogP contribution in [0, 0.1) is 5.92 Å². The Balaban J connectivity index is 1.43. The van der Waals surface area contributed by atoms with Crippen LogP contribution in [0.5, 0.6) is 0 Å². The van der Waals surface area contributed by atoms with Crippen molar-refractivity contribution >= 4 is 15.4 Å². The van der Waals surface area contributed by atoms with Gasteiger partial charge in [0.05, 0.1) is 27.6 Å². The standard InChI is InChI=1S/C18H26N2O2S/c21-23(19-17-4-2-1-3-5-17)12-8-18(9-13-23)15-20(10-11-22-18)14-16-6-7-16/h1-5,16H,6-15H2. The van der Waals surface area contributed by atoms with E-state index in [0.717, 1.165) is 44.1 Å². The number of hydrogen-bond acceptors (Lipinski definition) is 4. The fraction of sp³-hybridized carbons (Fsp3) is 0.667. The summed E-state index contributed by atoms with van der Waals surface area (Å²) >= 11 is 0. The molecule has 0 atom stereocenters. The predicted molar refractivity (Wildman–Crippen MR) is 93.5 cm³/mol. The van der Waals surface area contributed by atoms with Gasteiger partial charge in [-0.1, -0.05) is 18.2 Å². The molecule has 0 bridgehead atoms. The van der Waals surface area contributed by atoms with Crippen LogP contribution < -0.4 is 0 Å². The van der Waals surface area contributed by atoms with Gasteiger partial charge in [0.2, 0.25) is 0 Å². The Morgan fingerprint density at radius 1 is 1.22 bits per heavy atom. The Bertz CT molecular complexity index is 649. The topological polar surface area (TPSA) is 41.9 Å². The van der Waals surface area contributed by atoms with Gasteiger partial charge >= 0.3 is 0 Å². The van der Waals surface area contributed by atoms with Crippen LogP contribution in [-0.2, 0) is 14.5 Å². The van der Waals surface area contributed by atoms with E-state index < -0.39 is 9.73 Å². The van der Waals surface area contributed by atoms with Gasteiger partial charge in [0.25, 0.3) is 0 Å². The highest BCUT2D eigenvalue weighted by Crippen LogP contribution is 2.35. The lowest BCUT2D eigenvalue weighted by molar-refractivity contribution is -0.114. The summed E-state index contributed by atoms with van der Waals surface area (Å²) in [4.78, 5) is 2.57. The van der Waals surface area contributed by atoms with Crippen molar-refractivity contribution in [1.82, 2.24) is 4.90 Å².